The number of halogens is 2. The van der Waals surface area contributed by atoms with E-state index in [1.807, 2.05) is 0 Å². The molecule has 0 aliphatic heterocycles. The number of unbranched alkanes of at least 4 members (excludes halogenated alkanes) is 4. The van der Waals surface area contributed by atoms with Crippen molar-refractivity contribution in [2.75, 3.05) is 0 Å². The van der Waals surface area contributed by atoms with Crippen molar-refractivity contribution >= 4 is 48.1 Å². The van der Waals surface area contributed by atoms with Crippen LogP contribution in [0.15, 0.2) is 36.4 Å². The molecule has 0 nitrogen and oxygen atoms in total. The fraction of sp³-hybridized carbons (Fsp3) is 0.500. The van der Waals surface area contributed by atoms with Crippen LogP contribution in [0.4, 0.5) is 0 Å². The van der Waals surface area contributed by atoms with Crippen LogP contribution in [-0.4, -0.2) is 9.52 Å². The van der Waals surface area contributed by atoms with E-state index in [2.05, 4.69) is 105 Å². The molecule has 4 aromatic rings. The predicted octanol–water partition coefficient (Wildman–Crippen LogP) is 12.6. The van der Waals surface area contributed by atoms with Crippen molar-refractivity contribution in [1.82, 2.24) is 0 Å². The first-order valence-electron chi connectivity index (χ1n) is 15.0. The second kappa shape index (κ2) is 20.3. The van der Waals surface area contributed by atoms with E-state index in [1.54, 1.807) is 11.1 Å². The molecule has 0 atom stereocenters. The summed E-state index contributed by atoms with van der Waals surface area (Å²) in [6.07, 6.45) is 10.4. The zero-order valence-corrected chi connectivity index (χ0v) is 31.8. The van der Waals surface area contributed by atoms with Gasteiger partial charge in [-0.3, -0.25) is 0 Å². The average Bonchev–Trinajstić information content (AvgIpc) is 3.40. The maximum atomic E-state index is 4.93. The van der Waals surface area contributed by atoms with Crippen LogP contribution in [-0.2, 0) is 33.7 Å². The number of aryl methyl sites for hydroxylation is 8. The molecule has 0 aromatic heterocycles. The van der Waals surface area contributed by atoms with Gasteiger partial charge in [-0.2, -0.15) is 11.1 Å². The Labute approximate surface area is 267 Å². The minimum atomic E-state index is -0.826. The van der Waals surface area contributed by atoms with Crippen molar-refractivity contribution in [2.24, 2.45) is 0 Å². The molecule has 0 fully saturated rings. The molecule has 4 aromatic carbocycles. The molecule has 40 heavy (non-hydrogen) atoms. The Morgan fingerprint density at radius 3 is 1.25 bits per heavy atom. The molecule has 0 spiro atoms. The first-order valence-corrected chi connectivity index (χ1v) is 23.3. The van der Waals surface area contributed by atoms with E-state index < -0.39 is 20.8 Å². The zero-order chi connectivity index (χ0) is 30.2. The van der Waals surface area contributed by atoms with Crippen molar-refractivity contribution in [3.05, 3.63) is 80.9 Å². The summed E-state index contributed by atoms with van der Waals surface area (Å²) in [5.74, 6) is 0. The monoisotopic (exact) mass is 672 g/mol. The van der Waals surface area contributed by atoms with Crippen LogP contribution in [0, 0.1) is 41.5 Å². The fourth-order valence-electron chi connectivity index (χ4n) is 5.39. The van der Waals surface area contributed by atoms with Crippen molar-refractivity contribution in [2.45, 2.75) is 120 Å². The van der Waals surface area contributed by atoms with Gasteiger partial charge in [0.15, 0.2) is 0 Å². The van der Waals surface area contributed by atoms with Crippen LogP contribution in [0.3, 0.4) is 0 Å². The van der Waals surface area contributed by atoms with E-state index in [9.17, 15) is 0 Å². The summed E-state index contributed by atoms with van der Waals surface area (Å²) in [6.45, 7) is 22.3. The third-order valence-corrected chi connectivity index (χ3v) is 7.85. The molecule has 0 heterocycles. The van der Waals surface area contributed by atoms with Gasteiger partial charge in [0.25, 0.3) is 0 Å². The van der Waals surface area contributed by atoms with Gasteiger partial charge in [-0.15, -0.1) is 68.1 Å². The first kappa shape index (κ1) is 37.4. The molecular weight excluding hydrogens is 623 g/mol. The number of hydrogen-bond donors (Lipinski definition) is 0. The third kappa shape index (κ3) is 10.9. The van der Waals surface area contributed by atoms with Crippen LogP contribution in [0.5, 0.6) is 0 Å². The Morgan fingerprint density at radius 1 is 0.625 bits per heavy atom. The quantitative estimate of drug-likeness (QED) is 0.0991. The van der Waals surface area contributed by atoms with Crippen molar-refractivity contribution in [3.63, 3.8) is 0 Å². The summed E-state index contributed by atoms with van der Waals surface area (Å²) in [4.78, 5) is 0. The Bertz CT molecular complexity index is 1180. The molecule has 0 saturated heterocycles. The molecule has 0 amide bonds. The zero-order valence-electron chi connectivity index (χ0n) is 26.9. The topological polar surface area (TPSA) is 0 Å². The van der Waals surface area contributed by atoms with E-state index in [0.717, 1.165) is 9.52 Å². The van der Waals surface area contributed by atoms with E-state index in [1.165, 1.54) is 106 Å². The summed E-state index contributed by atoms with van der Waals surface area (Å²) in [5.41, 5.74) is 11.8. The van der Waals surface area contributed by atoms with Gasteiger partial charge >= 0.3 is 37.9 Å². The summed E-state index contributed by atoms with van der Waals surface area (Å²) in [7, 11) is 11.0. The van der Waals surface area contributed by atoms with Gasteiger partial charge in [-0.25, -0.2) is 0 Å². The molecule has 0 aliphatic carbocycles. The van der Waals surface area contributed by atoms with Gasteiger partial charge in [0.2, 0.25) is 0 Å². The van der Waals surface area contributed by atoms with Crippen LogP contribution < -0.4 is 0 Å². The molecule has 0 unspecified atom stereocenters. The molecular formula is C36H52Cl2SiZr. The first-order chi connectivity index (χ1) is 19.1. The number of hydrogen-bond acceptors (Lipinski definition) is 0. The van der Waals surface area contributed by atoms with Gasteiger partial charge in [0.1, 0.15) is 0 Å². The van der Waals surface area contributed by atoms with Crippen LogP contribution >= 0.6 is 17.0 Å². The minimum absolute atomic E-state index is 0.826. The molecule has 2 radical (unpaired) electrons. The summed E-state index contributed by atoms with van der Waals surface area (Å²) in [6, 6.07) is 13.9. The van der Waals surface area contributed by atoms with E-state index in [0.29, 0.717) is 0 Å². The van der Waals surface area contributed by atoms with Gasteiger partial charge in [0, 0.05) is 9.52 Å². The standard InChI is InChI=1S/2C17H23.C2H6Si.2ClH.Zr/c2*1-5-6-7-8-15-10-9-12(2)16-11-13(3)14(4)17(15)16;1-3-2;;;/h2*9-11H,5-8H2,1-4H3;1-2H3;2*1H;/q2*-1;;;;+4/p-2. The van der Waals surface area contributed by atoms with E-state index in [4.69, 9.17) is 17.0 Å². The van der Waals surface area contributed by atoms with Crippen molar-refractivity contribution in [3.8, 4) is 0 Å². The van der Waals surface area contributed by atoms with Gasteiger partial charge in [-0.1, -0.05) is 130 Å². The normalized spacial score (nSPS) is 10.3. The van der Waals surface area contributed by atoms with Crippen LogP contribution in [0.25, 0.3) is 21.5 Å². The summed E-state index contributed by atoms with van der Waals surface area (Å²) in [5, 5.41) is 5.99. The fourth-order valence-corrected chi connectivity index (χ4v) is 5.39. The Morgan fingerprint density at radius 2 is 0.950 bits per heavy atom. The van der Waals surface area contributed by atoms with E-state index in [-0.39, 0.29) is 0 Å². The predicted molar refractivity (Wildman–Crippen MR) is 183 cm³/mol. The molecule has 4 heteroatoms. The van der Waals surface area contributed by atoms with Gasteiger partial charge in [-0.05, 0) is 12.8 Å². The SMILES string of the molecule is CCCCCc1ccc(C)c2[cH-]c(C)c(C)c12.CCCCCc1ccc(C)c2[cH-]c(C)c(C)c12.C[Si]C.[Cl][Zr+2][Cl]. The number of fused-ring (bicyclic) bond motifs is 2. The second-order valence-corrected chi connectivity index (χ2v) is 15.8. The molecule has 4 rings (SSSR count). The molecule has 0 bridgehead atoms. The Hall–Kier alpha value is -0.660. The Kier molecular flexibility index (Phi) is 18.9. The molecule has 0 N–H and O–H groups in total. The maximum absolute atomic E-state index is 4.93. The van der Waals surface area contributed by atoms with Gasteiger partial charge < -0.3 is 0 Å². The molecule has 0 saturated carbocycles. The average molecular weight is 675 g/mol. The summed E-state index contributed by atoms with van der Waals surface area (Å²) >= 11 is -0.826. The Balaban J connectivity index is 0.000000335. The van der Waals surface area contributed by atoms with Crippen molar-refractivity contribution < 1.29 is 20.8 Å². The molecule has 0 aliphatic rings. The summed E-state index contributed by atoms with van der Waals surface area (Å²) < 4.78 is 0. The third-order valence-electron chi connectivity index (χ3n) is 7.85. The van der Waals surface area contributed by atoms with Crippen LogP contribution in [0.1, 0.15) is 96.9 Å². The van der Waals surface area contributed by atoms with E-state index >= 15 is 0 Å². The van der Waals surface area contributed by atoms with Crippen LogP contribution in [0.2, 0.25) is 13.1 Å². The van der Waals surface area contributed by atoms with Crippen molar-refractivity contribution in [1.29, 1.82) is 0 Å². The van der Waals surface area contributed by atoms with Gasteiger partial charge in [0.05, 0.1) is 0 Å². The second-order valence-electron chi connectivity index (χ2n) is 11.1. The number of benzene rings is 2. The molecule has 218 valence electrons. The number of rotatable bonds is 8.